The summed E-state index contributed by atoms with van der Waals surface area (Å²) < 4.78 is 15.5. The second-order valence-electron chi connectivity index (χ2n) is 4.45. The summed E-state index contributed by atoms with van der Waals surface area (Å²) in [5, 5.41) is 0.436. The lowest BCUT2D eigenvalue weighted by atomic mass is 10.2. The Kier molecular flexibility index (Phi) is 3.32. The average Bonchev–Trinajstić information content (AvgIpc) is 2.66. The fourth-order valence-corrected chi connectivity index (χ4v) is 3.21. The highest BCUT2D eigenvalue weighted by Crippen LogP contribution is 2.33. The summed E-state index contributed by atoms with van der Waals surface area (Å²) in [6.45, 7) is 1.97. The van der Waals surface area contributed by atoms with E-state index in [9.17, 15) is 4.39 Å². The fourth-order valence-electron chi connectivity index (χ4n) is 2.29. The van der Waals surface area contributed by atoms with E-state index < -0.39 is 5.82 Å². The van der Waals surface area contributed by atoms with Gasteiger partial charge in [-0.05, 0) is 42.9 Å². The molecule has 0 amide bonds. The van der Waals surface area contributed by atoms with Gasteiger partial charge in [0, 0.05) is 0 Å². The molecule has 1 heterocycles. The molecule has 0 bridgehead atoms. The van der Waals surface area contributed by atoms with Gasteiger partial charge in [0.15, 0.2) is 4.77 Å². The number of nitrogens with zero attached hydrogens (tertiary/aromatic N) is 1. The van der Waals surface area contributed by atoms with Gasteiger partial charge in [-0.3, -0.25) is 4.57 Å². The molecule has 3 rings (SSSR count). The Balaban J connectivity index is 2.48. The van der Waals surface area contributed by atoms with Crippen molar-refractivity contribution in [3.63, 3.8) is 0 Å². The van der Waals surface area contributed by atoms with E-state index in [-0.39, 0.29) is 10.0 Å². The Morgan fingerprint density at radius 2 is 1.85 bits per heavy atom. The van der Waals surface area contributed by atoms with E-state index in [1.165, 1.54) is 12.1 Å². The van der Waals surface area contributed by atoms with Crippen LogP contribution in [0.1, 0.15) is 5.56 Å². The molecule has 0 radical (unpaired) electrons. The summed E-state index contributed by atoms with van der Waals surface area (Å²) >= 11 is 17.6. The van der Waals surface area contributed by atoms with Crippen molar-refractivity contribution in [2.24, 2.45) is 0 Å². The minimum atomic E-state index is -0.480. The highest BCUT2D eigenvalue weighted by Gasteiger charge is 2.15. The maximum atomic E-state index is 13.3. The maximum Gasteiger partial charge on any atom is 0.182 e. The molecule has 20 heavy (non-hydrogen) atoms. The van der Waals surface area contributed by atoms with Gasteiger partial charge < -0.3 is 4.98 Å². The summed E-state index contributed by atoms with van der Waals surface area (Å²) in [6.07, 6.45) is 0. The van der Waals surface area contributed by atoms with Crippen molar-refractivity contribution in [2.75, 3.05) is 0 Å². The zero-order chi connectivity index (χ0) is 14.4. The molecule has 0 aliphatic carbocycles. The number of aromatic amines is 1. The molecule has 1 aromatic heterocycles. The zero-order valence-electron chi connectivity index (χ0n) is 10.4. The number of halogens is 3. The number of hydrogen-bond acceptors (Lipinski definition) is 1. The number of aromatic nitrogens is 2. The first-order valence-electron chi connectivity index (χ1n) is 5.84. The van der Waals surface area contributed by atoms with Crippen LogP contribution >= 0.6 is 35.4 Å². The second-order valence-corrected chi connectivity index (χ2v) is 5.66. The molecule has 0 aliphatic heterocycles. The van der Waals surface area contributed by atoms with E-state index in [2.05, 4.69) is 4.98 Å². The number of hydrogen-bond donors (Lipinski definition) is 1. The van der Waals surface area contributed by atoms with Gasteiger partial charge >= 0.3 is 0 Å². The first kappa shape index (κ1) is 13.6. The summed E-state index contributed by atoms with van der Waals surface area (Å²) in [5.74, 6) is -0.480. The maximum absolute atomic E-state index is 13.3. The van der Waals surface area contributed by atoms with Crippen LogP contribution in [-0.4, -0.2) is 9.55 Å². The van der Waals surface area contributed by atoms with Gasteiger partial charge in [0.1, 0.15) is 5.82 Å². The van der Waals surface area contributed by atoms with E-state index in [1.54, 1.807) is 4.57 Å². The SMILES string of the molecule is Cc1cccc2[nH]c(=S)n(-c3c(Cl)cc(F)cc3Cl)c12. The van der Waals surface area contributed by atoms with Crippen molar-refractivity contribution >= 4 is 46.5 Å². The van der Waals surface area contributed by atoms with Crippen LogP contribution in [-0.2, 0) is 0 Å². The number of aryl methyl sites for hydroxylation is 1. The molecule has 102 valence electrons. The van der Waals surface area contributed by atoms with Crippen molar-refractivity contribution in [3.8, 4) is 5.69 Å². The number of fused-ring (bicyclic) bond motifs is 1. The molecule has 0 saturated carbocycles. The summed E-state index contributed by atoms with van der Waals surface area (Å²) in [5.41, 5.74) is 3.27. The van der Waals surface area contributed by atoms with Crippen molar-refractivity contribution in [2.45, 2.75) is 6.92 Å². The van der Waals surface area contributed by atoms with Gasteiger partial charge in [0.2, 0.25) is 0 Å². The first-order chi connectivity index (χ1) is 9.49. The summed E-state index contributed by atoms with van der Waals surface area (Å²) in [4.78, 5) is 3.10. The van der Waals surface area contributed by atoms with Crippen molar-refractivity contribution in [3.05, 3.63) is 56.5 Å². The number of rotatable bonds is 1. The molecule has 0 saturated heterocycles. The third kappa shape index (κ3) is 2.04. The molecule has 0 fully saturated rings. The van der Waals surface area contributed by atoms with Crippen molar-refractivity contribution in [1.82, 2.24) is 9.55 Å². The molecular formula is C14H9Cl2FN2S. The Hall–Kier alpha value is -1.36. The van der Waals surface area contributed by atoms with Crippen LogP contribution in [0.15, 0.2) is 30.3 Å². The Labute approximate surface area is 129 Å². The number of imidazole rings is 1. The molecule has 0 atom stereocenters. The van der Waals surface area contributed by atoms with Crippen LogP contribution in [0.4, 0.5) is 4.39 Å². The molecule has 2 nitrogen and oxygen atoms in total. The molecule has 0 aliphatic rings. The lowest BCUT2D eigenvalue weighted by molar-refractivity contribution is 0.627. The molecule has 2 aromatic carbocycles. The van der Waals surface area contributed by atoms with Crippen LogP contribution in [0.3, 0.4) is 0 Å². The minimum Gasteiger partial charge on any atom is -0.330 e. The highest BCUT2D eigenvalue weighted by molar-refractivity contribution is 7.71. The third-order valence-corrected chi connectivity index (χ3v) is 3.97. The van der Waals surface area contributed by atoms with Crippen LogP contribution in [0.5, 0.6) is 0 Å². The van der Waals surface area contributed by atoms with E-state index in [4.69, 9.17) is 35.4 Å². The largest absolute Gasteiger partial charge is 0.330 e. The smallest absolute Gasteiger partial charge is 0.182 e. The molecule has 3 aromatic rings. The predicted octanol–water partition coefficient (Wildman–Crippen LogP) is 5.44. The van der Waals surface area contributed by atoms with Gasteiger partial charge in [-0.2, -0.15) is 0 Å². The molecular weight excluding hydrogens is 318 g/mol. The van der Waals surface area contributed by atoms with Crippen LogP contribution in [0.2, 0.25) is 10.0 Å². The topological polar surface area (TPSA) is 20.7 Å². The Bertz CT molecular complexity index is 859. The normalized spacial score (nSPS) is 11.2. The molecule has 0 spiro atoms. The number of nitrogens with one attached hydrogen (secondary N) is 1. The molecule has 0 unspecified atom stereocenters. The standard InChI is InChI=1S/C14H9Cl2FN2S/c1-7-3-2-4-11-12(7)19(14(20)18-11)13-9(15)5-8(17)6-10(13)16/h2-6H,1H3,(H,18,20). The lowest BCUT2D eigenvalue weighted by Crippen LogP contribution is -1.98. The van der Waals surface area contributed by atoms with Gasteiger partial charge in [0.05, 0.1) is 26.8 Å². The van der Waals surface area contributed by atoms with Crippen molar-refractivity contribution < 1.29 is 4.39 Å². The van der Waals surface area contributed by atoms with E-state index >= 15 is 0 Å². The van der Waals surface area contributed by atoms with Gasteiger partial charge in [-0.25, -0.2) is 4.39 Å². The Morgan fingerprint density at radius 1 is 1.20 bits per heavy atom. The van der Waals surface area contributed by atoms with Crippen LogP contribution < -0.4 is 0 Å². The highest BCUT2D eigenvalue weighted by atomic mass is 35.5. The monoisotopic (exact) mass is 326 g/mol. The van der Waals surface area contributed by atoms with E-state index in [0.717, 1.165) is 16.6 Å². The quantitative estimate of drug-likeness (QED) is 0.590. The summed E-state index contributed by atoms with van der Waals surface area (Å²) in [6, 6.07) is 8.26. The van der Waals surface area contributed by atoms with E-state index in [0.29, 0.717) is 10.5 Å². The third-order valence-electron chi connectivity index (χ3n) is 3.11. The Morgan fingerprint density at radius 3 is 2.50 bits per heavy atom. The van der Waals surface area contributed by atoms with Crippen LogP contribution in [0, 0.1) is 17.5 Å². The number of H-pyrrole nitrogens is 1. The molecule has 1 N–H and O–H groups in total. The van der Waals surface area contributed by atoms with E-state index in [1.807, 2.05) is 25.1 Å². The number of para-hydroxylation sites is 1. The lowest BCUT2D eigenvalue weighted by Gasteiger charge is -2.11. The predicted molar refractivity (Wildman–Crippen MR) is 83.2 cm³/mol. The zero-order valence-corrected chi connectivity index (χ0v) is 12.7. The minimum absolute atomic E-state index is 0.218. The van der Waals surface area contributed by atoms with Crippen molar-refractivity contribution in [1.29, 1.82) is 0 Å². The number of benzene rings is 2. The molecule has 6 heteroatoms. The first-order valence-corrected chi connectivity index (χ1v) is 7.00. The van der Waals surface area contributed by atoms with Gasteiger partial charge in [0.25, 0.3) is 0 Å². The fraction of sp³-hybridized carbons (Fsp3) is 0.0714. The van der Waals surface area contributed by atoms with Gasteiger partial charge in [-0.15, -0.1) is 0 Å². The summed E-state index contributed by atoms with van der Waals surface area (Å²) in [7, 11) is 0. The average molecular weight is 327 g/mol. The van der Waals surface area contributed by atoms with Crippen LogP contribution in [0.25, 0.3) is 16.7 Å². The second kappa shape index (κ2) is 4.88. The van der Waals surface area contributed by atoms with Gasteiger partial charge in [-0.1, -0.05) is 35.3 Å².